The van der Waals surface area contributed by atoms with Gasteiger partial charge in [-0.25, -0.2) is 13.2 Å². The largest absolute Gasteiger partial charge is 0.481 e. The van der Waals surface area contributed by atoms with Gasteiger partial charge in [-0.15, -0.1) is 0 Å². The summed E-state index contributed by atoms with van der Waals surface area (Å²) >= 11 is 0. The number of ether oxygens (including phenoxy) is 1. The van der Waals surface area contributed by atoms with Crippen molar-refractivity contribution in [3.63, 3.8) is 0 Å². The van der Waals surface area contributed by atoms with Crippen molar-refractivity contribution >= 4 is 15.8 Å². The summed E-state index contributed by atoms with van der Waals surface area (Å²) < 4.78 is 38.2. The predicted octanol–water partition coefficient (Wildman–Crippen LogP) is 5.74. The molecule has 166 valence electrons. The number of fused-ring (bicyclic) bond motifs is 3. The number of carboxylic acids is 1. The van der Waals surface area contributed by atoms with Gasteiger partial charge in [-0.2, -0.15) is 0 Å². The van der Waals surface area contributed by atoms with Crippen molar-refractivity contribution in [3.05, 3.63) is 95.9 Å². The van der Waals surface area contributed by atoms with Crippen LogP contribution in [0.25, 0.3) is 22.3 Å². The number of benzene rings is 3. The van der Waals surface area contributed by atoms with Crippen molar-refractivity contribution in [2.75, 3.05) is 0 Å². The maximum atomic E-state index is 13.2. The lowest BCUT2D eigenvalue weighted by Gasteiger charge is -2.27. The van der Waals surface area contributed by atoms with E-state index in [1.165, 1.54) is 6.07 Å². The molecule has 0 bridgehead atoms. The topological polar surface area (TPSA) is 93.8 Å². The van der Waals surface area contributed by atoms with Crippen LogP contribution in [0.15, 0.2) is 88.4 Å². The number of carboxylic acid groups (broad SMARTS) is 1. The molecule has 1 aliphatic rings. The minimum Gasteiger partial charge on any atom is -0.481 e. The van der Waals surface area contributed by atoms with E-state index in [0.717, 1.165) is 11.1 Å². The van der Waals surface area contributed by atoms with Gasteiger partial charge in [0.1, 0.15) is 5.75 Å². The van der Waals surface area contributed by atoms with Gasteiger partial charge in [0.15, 0.2) is 21.7 Å². The van der Waals surface area contributed by atoms with E-state index in [9.17, 15) is 18.3 Å². The molecule has 1 aliphatic heterocycles. The lowest BCUT2D eigenvalue weighted by atomic mass is 9.89. The van der Waals surface area contributed by atoms with E-state index in [4.69, 9.17) is 9.15 Å². The van der Waals surface area contributed by atoms with Crippen LogP contribution < -0.4 is 4.74 Å². The summed E-state index contributed by atoms with van der Waals surface area (Å²) in [5, 5.41) is 9.84. The highest BCUT2D eigenvalue weighted by molar-refractivity contribution is 7.90. The first kappa shape index (κ1) is 21.0. The molecule has 0 spiro atoms. The highest BCUT2D eigenvalue weighted by Gasteiger charge is 2.32. The average Bonchev–Trinajstić information content (AvgIpc) is 3.30. The Balaban J connectivity index is 1.77. The summed E-state index contributed by atoms with van der Waals surface area (Å²) in [5.41, 5.74) is 2.97. The second-order valence-corrected chi connectivity index (χ2v) is 9.85. The van der Waals surface area contributed by atoms with Crippen LogP contribution in [-0.2, 0) is 15.6 Å². The van der Waals surface area contributed by atoms with E-state index < -0.39 is 21.9 Å². The Kier molecular flexibility index (Phi) is 5.06. The second kappa shape index (κ2) is 7.94. The zero-order valence-electron chi connectivity index (χ0n) is 17.7. The van der Waals surface area contributed by atoms with Gasteiger partial charge in [-0.1, -0.05) is 48.5 Å². The summed E-state index contributed by atoms with van der Waals surface area (Å²) in [5.74, 6) is -0.285. The van der Waals surface area contributed by atoms with Gasteiger partial charge < -0.3 is 14.3 Å². The molecule has 0 saturated carbocycles. The predicted molar refractivity (Wildman–Crippen MR) is 123 cm³/mol. The Hall–Kier alpha value is -3.84. The number of aromatic carboxylic acids is 1. The molecular weight excluding hydrogens is 440 g/mol. The molecule has 33 heavy (non-hydrogen) atoms. The maximum Gasteiger partial charge on any atom is 0.336 e. The third kappa shape index (κ3) is 3.60. The van der Waals surface area contributed by atoms with Crippen LogP contribution in [0.5, 0.6) is 5.75 Å². The van der Waals surface area contributed by atoms with E-state index in [1.807, 2.05) is 13.0 Å². The molecule has 5 rings (SSSR count). The zero-order chi connectivity index (χ0) is 23.2. The monoisotopic (exact) mass is 460 g/mol. The van der Waals surface area contributed by atoms with Crippen LogP contribution in [0.2, 0.25) is 0 Å². The summed E-state index contributed by atoms with van der Waals surface area (Å²) in [6.07, 6.45) is 1.16. The van der Waals surface area contributed by atoms with E-state index in [1.54, 1.807) is 66.9 Å². The van der Waals surface area contributed by atoms with Crippen molar-refractivity contribution in [1.82, 2.24) is 0 Å². The SMILES string of the molecule is CC1Oc2c(ccc(CS(=O)(=O)c3ccccc3)c2-c2ccccc2C(=O)O)-c2ccoc21. The normalized spacial score (nSPS) is 14.8. The average molecular weight is 461 g/mol. The van der Waals surface area contributed by atoms with Crippen molar-refractivity contribution in [3.8, 4) is 28.0 Å². The molecule has 1 aromatic heterocycles. The van der Waals surface area contributed by atoms with Gasteiger partial charge in [-0.05, 0) is 36.8 Å². The Morgan fingerprint density at radius 2 is 1.64 bits per heavy atom. The van der Waals surface area contributed by atoms with Gasteiger partial charge in [0.05, 0.1) is 22.5 Å². The third-order valence-electron chi connectivity index (χ3n) is 5.77. The molecule has 4 aromatic rings. The van der Waals surface area contributed by atoms with E-state index in [-0.39, 0.29) is 16.2 Å². The van der Waals surface area contributed by atoms with Crippen LogP contribution in [-0.4, -0.2) is 19.5 Å². The molecule has 0 aliphatic carbocycles. The Labute approximate surface area is 191 Å². The van der Waals surface area contributed by atoms with Gasteiger partial charge in [0.25, 0.3) is 0 Å². The van der Waals surface area contributed by atoms with Crippen molar-refractivity contribution in [2.24, 2.45) is 0 Å². The number of sulfone groups is 1. The first-order valence-corrected chi connectivity index (χ1v) is 12.0. The van der Waals surface area contributed by atoms with Gasteiger partial charge >= 0.3 is 5.97 Å². The Morgan fingerprint density at radius 1 is 0.909 bits per heavy atom. The van der Waals surface area contributed by atoms with Crippen LogP contribution in [0, 0.1) is 0 Å². The minimum atomic E-state index is -3.69. The fourth-order valence-electron chi connectivity index (χ4n) is 4.27. The molecule has 6 nitrogen and oxygen atoms in total. The van der Waals surface area contributed by atoms with Crippen molar-refractivity contribution in [1.29, 1.82) is 0 Å². The molecule has 1 atom stereocenters. The minimum absolute atomic E-state index is 0.0681. The van der Waals surface area contributed by atoms with Crippen LogP contribution >= 0.6 is 0 Å². The molecule has 1 unspecified atom stereocenters. The molecule has 0 saturated heterocycles. The molecule has 3 aromatic carbocycles. The standard InChI is InChI=1S/C26H20O6S/c1-16-24-21(13-14-31-24)20-12-11-17(15-33(29,30)18-7-3-2-4-8-18)23(25(20)32-16)19-9-5-6-10-22(19)26(27)28/h2-14,16H,15H2,1H3,(H,27,28). The summed E-state index contributed by atoms with van der Waals surface area (Å²) in [6, 6.07) is 20.1. The highest BCUT2D eigenvalue weighted by Crippen LogP contribution is 2.50. The summed E-state index contributed by atoms with van der Waals surface area (Å²) in [7, 11) is -3.69. The molecular formula is C26H20O6S. The quantitative estimate of drug-likeness (QED) is 0.408. The first-order chi connectivity index (χ1) is 15.9. The number of hydrogen-bond acceptors (Lipinski definition) is 5. The van der Waals surface area contributed by atoms with E-state index in [2.05, 4.69) is 0 Å². The molecule has 1 N–H and O–H groups in total. The lowest BCUT2D eigenvalue weighted by Crippen LogP contribution is -2.13. The van der Waals surface area contributed by atoms with Gasteiger partial charge in [0, 0.05) is 22.3 Å². The fourth-order valence-corrected chi connectivity index (χ4v) is 5.65. The van der Waals surface area contributed by atoms with E-state index >= 15 is 0 Å². The first-order valence-electron chi connectivity index (χ1n) is 10.4. The molecule has 0 amide bonds. The molecule has 0 fully saturated rings. The van der Waals surface area contributed by atoms with E-state index in [0.29, 0.717) is 28.2 Å². The summed E-state index contributed by atoms with van der Waals surface area (Å²) in [6.45, 7) is 1.84. The van der Waals surface area contributed by atoms with Gasteiger partial charge in [-0.3, -0.25) is 0 Å². The summed E-state index contributed by atoms with van der Waals surface area (Å²) in [4.78, 5) is 12.2. The number of furan rings is 1. The highest BCUT2D eigenvalue weighted by atomic mass is 32.2. The molecule has 2 heterocycles. The van der Waals surface area contributed by atoms with Crippen molar-refractivity contribution in [2.45, 2.75) is 23.7 Å². The van der Waals surface area contributed by atoms with Gasteiger partial charge in [0.2, 0.25) is 0 Å². The smallest absolute Gasteiger partial charge is 0.336 e. The number of hydrogen-bond donors (Lipinski definition) is 1. The lowest BCUT2D eigenvalue weighted by molar-refractivity contribution is 0.0697. The molecule has 0 radical (unpaired) electrons. The number of carbonyl (C=O) groups is 1. The number of rotatable bonds is 5. The Morgan fingerprint density at radius 3 is 2.39 bits per heavy atom. The van der Waals surface area contributed by atoms with Crippen LogP contribution in [0.3, 0.4) is 0 Å². The van der Waals surface area contributed by atoms with Crippen molar-refractivity contribution < 1.29 is 27.5 Å². The Bertz CT molecular complexity index is 1470. The maximum absolute atomic E-state index is 13.2. The third-order valence-corrected chi connectivity index (χ3v) is 7.45. The second-order valence-electron chi connectivity index (χ2n) is 7.86. The fraction of sp³-hybridized carbons (Fsp3) is 0.115. The van der Waals surface area contributed by atoms with Crippen LogP contribution in [0.4, 0.5) is 0 Å². The molecule has 7 heteroatoms. The zero-order valence-corrected chi connectivity index (χ0v) is 18.5. The van der Waals surface area contributed by atoms with Crippen LogP contribution in [0.1, 0.15) is 34.7 Å².